The van der Waals surface area contributed by atoms with Crippen LogP contribution in [0.25, 0.3) is 0 Å². The second-order valence-corrected chi connectivity index (χ2v) is 4.02. The van der Waals surface area contributed by atoms with Gasteiger partial charge in [0.2, 0.25) is 5.91 Å². The molecule has 0 aromatic heterocycles. The normalized spacial score (nSPS) is 13.9. The van der Waals surface area contributed by atoms with E-state index in [-0.39, 0.29) is 12.5 Å². The van der Waals surface area contributed by atoms with Crippen LogP contribution in [0, 0.1) is 0 Å². The van der Waals surface area contributed by atoms with Crippen LogP contribution < -0.4 is 16.4 Å². The summed E-state index contributed by atoms with van der Waals surface area (Å²) in [4.78, 5) is 22.5. The van der Waals surface area contributed by atoms with E-state index in [1.165, 1.54) is 0 Å². The van der Waals surface area contributed by atoms with Gasteiger partial charge in [-0.05, 0) is 30.2 Å². The first-order valence-corrected chi connectivity index (χ1v) is 5.56. The van der Waals surface area contributed by atoms with Crippen molar-refractivity contribution in [1.82, 2.24) is 10.6 Å². The number of hydrogen-bond donors (Lipinski definition) is 3. The zero-order valence-corrected chi connectivity index (χ0v) is 9.45. The van der Waals surface area contributed by atoms with E-state index in [1.807, 2.05) is 12.1 Å². The van der Waals surface area contributed by atoms with Crippen LogP contribution in [0.4, 0.5) is 0 Å². The molecule has 1 aliphatic rings. The smallest absolute Gasteiger partial charge is 0.252 e. The number of fused-ring (bicyclic) bond motifs is 1. The first-order valence-electron chi connectivity index (χ1n) is 5.56. The Morgan fingerprint density at radius 1 is 1.41 bits per heavy atom. The molecule has 0 saturated carbocycles. The zero-order valence-electron chi connectivity index (χ0n) is 9.45. The highest BCUT2D eigenvalue weighted by Crippen LogP contribution is 2.18. The van der Waals surface area contributed by atoms with E-state index in [1.54, 1.807) is 6.07 Å². The standard InChI is InChI=1S/C12H15N3O2/c13-11(16)7-15-12(17)10-3-1-2-8-6-14-5-4-9(8)10/h1-3,14H,4-7H2,(H2,13,16)(H,15,17). The molecule has 1 aromatic rings. The van der Waals surface area contributed by atoms with E-state index in [0.29, 0.717) is 5.56 Å². The highest BCUT2D eigenvalue weighted by Gasteiger charge is 2.17. The quantitative estimate of drug-likeness (QED) is 0.661. The molecule has 2 amide bonds. The number of rotatable bonds is 3. The fraction of sp³-hybridized carbons (Fsp3) is 0.333. The summed E-state index contributed by atoms with van der Waals surface area (Å²) in [7, 11) is 0. The summed E-state index contributed by atoms with van der Waals surface area (Å²) in [6, 6.07) is 5.64. The van der Waals surface area contributed by atoms with Crippen LogP contribution in [0.1, 0.15) is 21.5 Å². The first kappa shape index (κ1) is 11.6. The number of amides is 2. The molecule has 17 heavy (non-hydrogen) atoms. The van der Waals surface area contributed by atoms with Gasteiger partial charge in [-0.25, -0.2) is 0 Å². The predicted molar refractivity (Wildman–Crippen MR) is 63.4 cm³/mol. The maximum absolute atomic E-state index is 11.9. The maximum Gasteiger partial charge on any atom is 0.252 e. The van der Waals surface area contributed by atoms with Crippen molar-refractivity contribution in [2.45, 2.75) is 13.0 Å². The second-order valence-electron chi connectivity index (χ2n) is 4.02. The topological polar surface area (TPSA) is 84.2 Å². The molecule has 0 fully saturated rings. The Balaban J connectivity index is 2.20. The highest BCUT2D eigenvalue weighted by molar-refractivity contribution is 5.97. The van der Waals surface area contributed by atoms with Crippen molar-refractivity contribution in [3.8, 4) is 0 Å². The van der Waals surface area contributed by atoms with E-state index in [4.69, 9.17) is 5.73 Å². The maximum atomic E-state index is 11.9. The molecule has 1 heterocycles. The van der Waals surface area contributed by atoms with Gasteiger partial charge in [0.05, 0.1) is 6.54 Å². The van der Waals surface area contributed by atoms with Gasteiger partial charge in [-0.1, -0.05) is 12.1 Å². The summed E-state index contributed by atoms with van der Waals surface area (Å²) in [6.07, 6.45) is 0.829. The van der Waals surface area contributed by atoms with E-state index < -0.39 is 5.91 Å². The first-order chi connectivity index (χ1) is 8.18. The lowest BCUT2D eigenvalue weighted by Gasteiger charge is -2.19. The van der Waals surface area contributed by atoms with E-state index >= 15 is 0 Å². The summed E-state index contributed by atoms with van der Waals surface area (Å²) in [6.45, 7) is 1.53. The molecule has 4 N–H and O–H groups in total. The molecule has 5 heteroatoms. The zero-order chi connectivity index (χ0) is 12.3. The molecule has 0 aliphatic carbocycles. The van der Waals surface area contributed by atoms with Crippen LogP contribution in [0.2, 0.25) is 0 Å². The van der Waals surface area contributed by atoms with E-state index in [2.05, 4.69) is 10.6 Å². The molecular formula is C12H15N3O2. The lowest BCUT2D eigenvalue weighted by atomic mass is 9.95. The Labute approximate surface area is 99.4 Å². The number of carbonyl (C=O) groups excluding carboxylic acids is 2. The fourth-order valence-electron chi connectivity index (χ4n) is 2.01. The molecule has 0 atom stereocenters. The number of carbonyl (C=O) groups is 2. The third kappa shape index (κ3) is 2.62. The Bertz CT molecular complexity index is 457. The molecule has 0 saturated heterocycles. The largest absolute Gasteiger partial charge is 0.368 e. The Hall–Kier alpha value is -1.88. The second kappa shape index (κ2) is 4.97. The van der Waals surface area contributed by atoms with Gasteiger partial charge in [0.25, 0.3) is 5.91 Å². The molecule has 1 aromatic carbocycles. The monoisotopic (exact) mass is 233 g/mol. The lowest BCUT2D eigenvalue weighted by molar-refractivity contribution is -0.117. The SMILES string of the molecule is NC(=O)CNC(=O)c1cccc2c1CCNC2. The predicted octanol–water partition coefficient (Wildman–Crippen LogP) is -0.453. The fourth-order valence-corrected chi connectivity index (χ4v) is 2.01. The number of nitrogens with one attached hydrogen (secondary N) is 2. The van der Waals surface area contributed by atoms with Gasteiger partial charge in [0, 0.05) is 12.1 Å². The number of benzene rings is 1. The van der Waals surface area contributed by atoms with E-state index in [9.17, 15) is 9.59 Å². The molecule has 0 unspecified atom stereocenters. The van der Waals surface area contributed by atoms with E-state index in [0.717, 1.165) is 30.6 Å². The average Bonchev–Trinajstić information content (AvgIpc) is 2.35. The summed E-state index contributed by atoms with van der Waals surface area (Å²) in [5, 5.41) is 5.77. The van der Waals surface area contributed by atoms with Gasteiger partial charge in [-0.2, -0.15) is 0 Å². The van der Waals surface area contributed by atoms with Crippen molar-refractivity contribution in [3.63, 3.8) is 0 Å². The summed E-state index contributed by atoms with van der Waals surface area (Å²) < 4.78 is 0. The third-order valence-electron chi connectivity index (χ3n) is 2.81. The number of hydrogen-bond acceptors (Lipinski definition) is 3. The Kier molecular flexibility index (Phi) is 3.39. The van der Waals surface area contributed by atoms with Crippen LogP contribution in [-0.4, -0.2) is 24.9 Å². The van der Waals surface area contributed by atoms with Gasteiger partial charge in [0.15, 0.2) is 0 Å². The summed E-state index contributed by atoms with van der Waals surface area (Å²) in [5.41, 5.74) is 7.84. The van der Waals surface area contributed by atoms with Crippen molar-refractivity contribution in [1.29, 1.82) is 0 Å². The van der Waals surface area contributed by atoms with Gasteiger partial charge in [-0.3, -0.25) is 9.59 Å². The van der Waals surface area contributed by atoms with Crippen molar-refractivity contribution < 1.29 is 9.59 Å². The molecular weight excluding hydrogens is 218 g/mol. The van der Waals surface area contributed by atoms with Crippen LogP contribution in [0.5, 0.6) is 0 Å². The molecule has 90 valence electrons. The number of nitrogens with two attached hydrogens (primary N) is 1. The molecule has 0 spiro atoms. The Morgan fingerprint density at radius 3 is 3.00 bits per heavy atom. The van der Waals surface area contributed by atoms with Gasteiger partial charge in [0.1, 0.15) is 0 Å². The summed E-state index contributed by atoms with van der Waals surface area (Å²) >= 11 is 0. The van der Waals surface area contributed by atoms with Gasteiger partial charge >= 0.3 is 0 Å². The van der Waals surface area contributed by atoms with Crippen LogP contribution in [-0.2, 0) is 17.8 Å². The Morgan fingerprint density at radius 2 is 2.24 bits per heavy atom. The minimum atomic E-state index is -0.537. The molecule has 5 nitrogen and oxygen atoms in total. The number of primary amides is 1. The lowest BCUT2D eigenvalue weighted by Crippen LogP contribution is -2.35. The van der Waals surface area contributed by atoms with Crippen LogP contribution in [0.15, 0.2) is 18.2 Å². The van der Waals surface area contributed by atoms with Crippen molar-refractivity contribution in [2.24, 2.45) is 5.73 Å². The minimum Gasteiger partial charge on any atom is -0.368 e. The van der Waals surface area contributed by atoms with Crippen LogP contribution in [0.3, 0.4) is 0 Å². The average molecular weight is 233 g/mol. The van der Waals surface area contributed by atoms with Crippen molar-refractivity contribution in [2.75, 3.05) is 13.1 Å². The summed E-state index contributed by atoms with van der Waals surface area (Å²) in [5.74, 6) is -0.771. The van der Waals surface area contributed by atoms with Crippen LogP contribution >= 0.6 is 0 Å². The molecule has 0 bridgehead atoms. The third-order valence-corrected chi connectivity index (χ3v) is 2.81. The molecule has 2 rings (SSSR count). The minimum absolute atomic E-state index is 0.124. The molecule has 0 radical (unpaired) electrons. The van der Waals surface area contributed by atoms with Crippen molar-refractivity contribution >= 4 is 11.8 Å². The van der Waals surface area contributed by atoms with Gasteiger partial charge in [-0.15, -0.1) is 0 Å². The van der Waals surface area contributed by atoms with Gasteiger partial charge < -0.3 is 16.4 Å². The molecule has 1 aliphatic heterocycles. The van der Waals surface area contributed by atoms with Crippen molar-refractivity contribution in [3.05, 3.63) is 34.9 Å². The highest BCUT2D eigenvalue weighted by atomic mass is 16.2.